The average Bonchev–Trinajstić information content (AvgIpc) is 2.50. The number of nitrogens with one attached hydrogen (secondary N) is 1. The molecule has 0 aliphatic carbocycles. The average molecular weight is 268 g/mol. The van der Waals surface area contributed by atoms with Crippen LogP contribution in [0, 0.1) is 6.92 Å². The number of aryl methyl sites for hydroxylation is 1. The third-order valence-electron chi connectivity index (χ3n) is 3.71. The molecule has 0 saturated heterocycles. The Bertz CT molecular complexity index is 505. The molecular weight excluding hydrogens is 244 g/mol. The Morgan fingerprint density at radius 2 is 1.85 bits per heavy atom. The minimum atomic E-state index is 0.311. The van der Waals surface area contributed by atoms with Gasteiger partial charge in [0, 0.05) is 23.9 Å². The van der Waals surface area contributed by atoms with Crippen molar-refractivity contribution < 1.29 is 0 Å². The Hall–Kier alpha value is -1.67. The number of nitrogens with zero attached hydrogens (tertiary/aromatic N) is 1. The summed E-state index contributed by atoms with van der Waals surface area (Å²) in [5, 5.41) is 3.66. The number of pyridine rings is 1. The molecule has 2 atom stereocenters. The van der Waals surface area contributed by atoms with Crippen LogP contribution in [0.1, 0.15) is 49.0 Å². The van der Waals surface area contributed by atoms with Gasteiger partial charge in [0.2, 0.25) is 0 Å². The van der Waals surface area contributed by atoms with E-state index in [0.29, 0.717) is 12.0 Å². The third-order valence-corrected chi connectivity index (χ3v) is 3.71. The highest BCUT2D eigenvalue weighted by atomic mass is 14.9. The van der Waals surface area contributed by atoms with Crippen LogP contribution in [-0.4, -0.2) is 11.5 Å². The van der Waals surface area contributed by atoms with Crippen LogP contribution in [0.2, 0.25) is 0 Å². The van der Waals surface area contributed by atoms with Crippen molar-refractivity contribution >= 4 is 0 Å². The predicted molar refractivity (Wildman–Crippen MR) is 84.9 cm³/mol. The van der Waals surface area contributed by atoms with Crippen molar-refractivity contribution in [3.8, 4) is 0 Å². The van der Waals surface area contributed by atoms with Gasteiger partial charge < -0.3 is 5.32 Å². The quantitative estimate of drug-likeness (QED) is 0.848. The van der Waals surface area contributed by atoms with Gasteiger partial charge in [-0.15, -0.1) is 0 Å². The summed E-state index contributed by atoms with van der Waals surface area (Å²) in [6.07, 6.45) is 3.01. The predicted octanol–water partition coefficient (Wildman–Crippen LogP) is 4.23. The van der Waals surface area contributed by atoms with Gasteiger partial charge in [0.1, 0.15) is 0 Å². The van der Waals surface area contributed by atoms with E-state index in [1.54, 1.807) is 0 Å². The number of hydrogen-bond donors (Lipinski definition) is 1. The molecule has 1 aromatic heterocycles. The summed E-state index contributed by atoms with van der Waals surface area (Å²) >= 11 is 0. The number of rotatable bonds is 6. The van der Waals surface area contributed by atoms with E-state index in [9.17, 15) is 0 Å². The second-order valence-electron chi connectivity index (χ2n) is 5.39. The van der Waals surface area contributed by atoms with Crippen LogP contribution in [0.3, 0.4) is 0 Å². The molecule has 1 N–H and O–H groups in total. The molecule has 2 rings (SSSR count). The van der Waals surface area contributed by atoms with Gasteiger partial charge in [-0.2, -0.15) is 0 Å². The van der Waals surface area contributed by atoms with Crippen LogP contribution in [-0.2, 0) is 0 Å². The summed E-state index contributed by atoms with van der Waals surface area (Å²) in [6.45, 7) is 7.59. The van der Waals surface area contributed by atoms with Gasteiger partial charge in [0.05, 0.1) is 0 Å². The van der Waals surface area contributed by atoms with Gasteiger partial charge >= 0.3 is 0 Å². The lowest BCUT2D eigenvalue weighted by molar-refractivity contribution is 0.460. The Labute approximate surface area is 122 Å². The van der Waals surface area contributed by atoms with E-state index < -0.39 is 0 Å². The number of benzene rings is 1. The zero-order chi connectivity index (χ0) is 14.4. The van der Waals surface area contributed by atoms with Crippen LogP contribution < -0.4 is 5.32 Å². The van der Waals surface area contributed by atoms with Crippen LogP contribution in [0.25, 0.3) is 0 Å². The van der Waals surface area contributed by atoms with Crippen molar-refractivity contribution in [2.75, 3.05) is 6.54 Å². The topological polar surface area (TPSA) is 24.9 Å². The van der Waals surface area contributed by atoms with Gasteiger partial charge in [0.25, 0.3) is 0 Å². The van der Waals surface area contributed by atoms with Crippen molar-refractivity contribution in [2.45, 2.75) is 39.2 Å². The summed E-state index contributed by atoms with van der Waals surface area (Å²) < 4.78 is 0. The zero-order valence-electron chi connectivity index (χ0n) is 12.6. The van der Waals surface area contributed by atoms with Crippen LogP contribution >= 0.6 is 0 Å². The molecule has 0 bridgehead atoms. The molecule has 0 aliphatic rings. The first kappa shape index (κ1) is 14.7. The van der Waals surface area contributed by atoms with Crippen LogP contribution in [0.4, 0.5) is 0 Å². The zero-order valence-corrected chi connectivity index (χ0v) is 12.6. The molecule has 1 heterocycles. The van der Waals surface area contributed by atoms with Crippen molar-refractivity contribution in [1.82, 2.24) is 10.3 Å². The Balaban J connectivity index is 2.25. The highest BCUT2D eigenvalue weighted by Crippen LogP contribution is 2.29. The molecule has 0 fully saturated rings. The molecule has 0 aliphatic heterocycles. The van der Waals surface area contributed by atoms with E-state index in [-0.39, 0.29) is 0 Å². The maximum absolute atomic E-state index is 4.51. The molecule has 2 aromatic rings. The van der Waals surface area contributed by atoms with Gasteiger partial charge in [-0.1, -0.05) is 49.7 Å². The molecule has 106 valence electrons. The highest BCUT2D eigenvalue weighted by Gasteiger charge is 2.20. The summed E-state index contributed by atoms with van der Waals surface area (Å²) in [6, 6.07) is 15.3. The molecule has 0 spiro atoms. The van der Waals surface area contributed by atoms with Gasteiger partial charge in [0.15, 0.2) is 0 Å². The SMILES string of the molecule is CCCNC(c1ccc(C)cc1)C(C)c1ccccn1. The largest absolute Gasteiger partial charge is 0.309 e. The van der Waals surface area contributed by atoms with E-state index in [0.717, 1.165) is 18.7 Å². The third kappa shape index (κ3) is 3.67. The summed E-state index contributed by atoms with van der Waals surface area (Å²) in [7, 11) is 0. The minimum Gasteiger partial charge on any atom is -0.309 e. The fourth-order valence-corrected chi connectivity index (χ4v) is 2.47. The second-order valence-corrected chi connectivity index (χ2v) is 5.39. The number of aromatic nitrogens is 1. The first-order valence-electron chi connectivity index (χ1n) is 7.43. The van der Waals surface area contributed by atoms with Gasteiger partial charge in [-0.25, -0.2) is 0 Å². The van der Waals surface area contributed by atoms with E-state index in [1.807, 2.05) is 12.3 Å². The van der Waals surface area contributed by atoms with Crippen LogP contribution in [0.15, 0.2) is 48.7 Å². The molecule has 20 heavy (non-hydrogen) atoms. The molecule has 2 nitrogen and oxygen atoms in total. The fraction of sp³-hybridized carbons (Fsp3) is 0.389. The first-order chi connectivity index (χ1) is 9.72. The monoisotopic (exact) mass is 268 g/mol. The second kappa shape index (κ2) is 7.20. The molecular formula is C18H24N2. The maximum atomic E-state index is 4.51. The van der Waals surface area contributed by atoms with Crippen molar-refractivity contribution in [3.05, 3.63) is 65.5 Å². The van der Waals surface area contributed by atoms with E-state index in [1.165, 1.54) is 11.1 Å². The standard InChI is InChI=1S/C18H24N2/c1-4-12-20-18(16-10-8-14(2)9-11-16)15(3)17-7-5-6-13-19-17/h5-11,13,15,18,20H,4,12H2,1-3H3. The number of hydrogen-bond acceptors (Lipinski definition) is 2. The Morgan fingerprint density at radius 3 is 2.45 bits per heavy atom. The first-order valence-corrected chi connectivity index (χ1v) is 7.43. The molecule has 0 radical (unpaired) electrons. The Kier molecular flexibility index (Phi) is 5.31. The van der Waals surface area contributed by atoms with E-state index in [2.05, 4.69) is 67.5 Å². The summed E-state index contributed by atoms with van der Waals surface area (Å²) in [5.74, 6) is 0.352. The van der Waals surface area contributed by atoms with Crippen molar-refractivity contribution in [2.24, 2.45) is 0 Å². The van der Waals surface area contributed by atoms with E-state index >= 15 is 0 Å². The van der Waals surface area contributed by atoms with Crippen molar-refractivity contribution in [3.63, 3.8) is 0 Å². The molecule has 2 heteroatoms. The maximum Gasteiger partial charge on any atom is 0.0450 e. The van der Waals surface area contributed by atoms with Gasteiger partial charge in [-0.05, 0) is 37.6 Å². The van der Waals surface area contributed by atoms with E-state index in [4.69, 9.17) is 0 Å². The fourth-order valence-electron chi connectivity index (χ4n) is 2.47. The molecule has 2 unspecified atom stereocenters. The lowest BCUT2D eigenvalue weighted by Crippen LogP contribution is -2.27. The highest BCUT2D eigenvalue weighted by molar-refractivity contribution is 5.27. The lowest BCUT2D eigenvalue weighted by Gasteiger charge is -2.25. The minimum absolute atomic E-state index is 0.311. The summed E-state index contributed by atoms with van der Waals surface area (Å²) in [5.41, 5.74) is 3.78. The molecule has 1 aromatic carbocycles. The Morgan fingerprint density at radius 1 is 1.10 bits per heavy atom. The van der Waals surface area contributed by atoms with Gasteiger partial charge in [-0.3, -0.25) is 4.98 Å². The molecule has 0 saturated carbocycles. The smallest absolute Gasteiger partial charge is 0.0450 e. The normalized spacial score (nSPS) is 13.9. The summed E-state index contributed by atoms with van der Waals surface area (Å²) in [4.78, 5) is 4.51. The van der Waals surface area contributed by atoms with Crippen LogP contribution in [0.5, 0.6) is 0 Å². The van der Waals surface area contributed by atoms with Crippen molar-refractivity contribution in [1.29, 1.82) is 0 Å². The lowest BCUT2D eigenvalue weighted by atomic mass is 9.91. The molecule has 0 amide bonds.